The second-order valence-corrected chi connectivity index (χ2v) is 16.5. The second-order valence-electron chi connectivity index (χ2n) is 16.5. The molecule has 0 radical (unpaired) electrons. The number of ether oxygens (including phenoxy) is 2. The van der Waals surface area contributed by atoms with Crippen LogP contribution in [-0.2, 0) is 24.8 Å². The summed E-state index contributed by atoms with van der Waals surface area (Å²) in [6.45, 7) is 5.18. The average Bonchev–Trinajstić information content (AvgIpc) is 3.88. The summed E-state index contributed by atoms with van der Waals surface area (Å²) >= 11 is 0. The van der Waals surface area contributed by atoms with Crippen LogP contribution >= 0.6 is 0 Å². The van der Waals surface area contributed by atoms with Crippen LogP contribution in [0, 0.1) is 23.7 Å². The third-order valence-corrected chi connectivity index (χ3v) is 12.2. The fraction of sp³-hybridized carbons (Fsp3) is 0.692. The predicted octanol–water partition coefficient (Wildman–Crippen LogP) is 7.44. The standard InChI is InChI=1S/C39H53FN4O6/c1-38(2,3)50-37(48)42-30(23-40)25-11-13-26(14-12-25)35(46)43-20-17-29(24-9-5-4-6-10-24)33(43)34(45)41-28-15-16-31-27(21-28)22-32-36(47)49-39(44(31)32)18-7-8-19-39/h15-16,21-22,24-26,29-30,33H,4-14,17-20,23H2,1-3H3,(H,41,45)(H,42,48)/t25-,26-,29-,30+,33-/m0/s1. The van der Waals surface area contributed by atoms with Crippen molar-refractivity contribution in [2.24, 2.45) is 23.7 Å². The Morgan fingerprint density at radius 3 is 2.38 bits per heavy atom. The molecule has 1 aromatic carbocycles. The van der Waals surface area contributed by atoms with E-state index in [4.69, 9.17) is 9.47 Å². The van der Waals surface area contributed by atoms with Crippen LogP contribution in [0.5, 0.6) is 0 Å². The lowest BCUT2D eigenvalue weighted by atomic mass is 9.76. The van der Waals surface area contributed by atoms with E-state index in [1.54, 1.807) is 20.8 Å². The number of nitrogens with one attached hydrogen (secondary N) is 2. The van der Waals surface area contributed by atoms with E-state index in [0.717, 1.165) is 68.7 Å². The molecule has 11 heteroatoms. The Morgan fingerprint density at radius 1 is 0.980 bits per heavy atom. The topological polar surface area (TPSA) is 119 Å². The van der Waals surface area contributed by atoms with Gasteiger partial charge in [-0.25, -0.2) is 14.0 Å². The number of alkyl halides is 1. The maximum atomic E-state index is 14.3. The number of hydrogen-bond acceptors (Lipinski definition) is 6. The molecule has 50 heavy (non-hydrogen) atoms. The quantitative estimate of drug-likeness (QED) is 0.291. The highest BCUT2D eigenvalue weighted by Crippen LogP contribution is 2.47. The molecule has 2 aromatic rings. The lowest BCUT2D eigenvalue weighted by Gasteiger charge is -2.37. The van der Waals surface area contributed by atoms with Gasteiger partial charge in [0, 0.05) is 36.4 Å². The van der Waals surface area contributed by atoms with Crippen molar-refractivity contribution in [3.63, 3.8) is 0 Å². The Balaban J connectivity index is 1.05. The second kappa shape index (κ2) is 13.8. The first-order valence-electron chi connectivity index (χ1n) is 19.0. The zero-order chi connectivity index (χ0) is 35.2. The van der Waals surface area contributed by atoms with Gasteiger partial charge in [0.15, 0.2) is 5.72 Å². The van der Waals surface area contributed by atoms with Gasteiger partial charge in [0.05, 0.1) is 11.6 Å². The van der Waals surface area contributed by atoms with E-state index in [-0.39, 0.29) is 35.5 Å². The van der Waals surface area contributed by atoms with Crippen molar-refractivity contribution in [3.8, 4) is 0 Å². The van der Waals surface area contributed by atoms with E-state index in [1.807, 2.05) is 29.2 Å². The van der Waals surface area contributed by atoms with Crippen LogP contribution in [0.25, 0.3) is 10.9 Å². The fourth-order valence-corrected chi connectivity index (χ4v) is 9.82. The molecule has 1 saturated heterocycles. The third-order valence-electron chi connectivity index (χ3n) is 12.2. The molecule has 1 aromatic heterocycles. The summed E-state index contributed by atoms with van der Waals surface area (Å²) in [6, 6.07) is 6.44. The highest BCUT2D eigenvalue weighted by molar-refractivity contribution is 6.02. The summed E-state index contributed by atoms with van der Waals surface area (Å²) in [4.78, 5) is 55.5. The van der Waals surface area contributed by atoms with Gasteiger partial charge >= 0.3 is 12.1 Å². The fourth-order valence-electron chi connectivity index (χ4n) is 9.82. The first-order valence-corrected chi connectivity index (χ1v) is 19.0. The number of rotatable bonds is 7. The van der Waals surface area contributed by atoms with Crippen molar-refractivity contribution in [2.75, 3.05) is 18.5 Å². The predicted molar refractivity (Wildman–Crippen MR) is 187 cm³/mol. The largest absolute Gasteiger partial charge is 0.444 e. The molecule has 0 unspecified atom stereocenters. The Bertz CT molecular complexity index is 1610. The van der Waals surface area contributed by atoms with Gasteiger partial charge in [-0.2, -0.15) is 0 Å². The van der Waals surface area contributed by atoms with E-state index in [9.17, 15) is 23.6 Å². The minimum atomic E-state index is -0.692. The average molecular weight is 693 g/mol. The van der Waals surface area contributed by atoms with Crippen LogP contribution in [-0.4, -0.2) is 64.2 Å². The molecule has 2 aliphatic heterocycles. The van der Waals surface area contributed by atoms with E-state index >= 15 is 0 Å². The SMILES string of the molecule is CC(C)(C)OC(=O)N[C@H](CF)[C@H]1CC[C@H](C(=O)N2CC[C@@H](C3CCCCC3)[C@H]2C(=O)Nc2ccc3c(c2)cc2n3C3(CCCC3)OC2=O)CC1. The van der Waals surface area contributed by atoms with Crippen molar-refractivity contribution >= 4 is 40.5 Å². The smallest absolute Gasteiger partial charge is 0.407 e. The number of benzene rings is 1. The number of halogens is 1. The molecule has 3 atom stereocenters. The van der Waals surface area contributed by atoms with E-state index in [2.05, 4.69) is 15.2 Å². The van der Waals surface area contributed by atoms with Gasteiger partial charge < -0.3 is 25.0 Å². The van der Waals surface area contributed by atoms with Gasteiger partial charge in [-0.3, -0.25) is 14.2 Å². The number of esters is 1. The molecule has 272 valence electrons. The number of carbonyl (C=O) groups excluding carboxylic acids is 4. The van der Waals surface area contributed by atoms with Crippen LogP contribution in [0.3, 0.4) is 0 Å². The monoisotopic (exact) mass is 692 g/mol. The van der Waals surface area contributed by atoms with Crippen molar-refractivity contribution in [1.82, 2.24) is 14.8 Å². The summed E-state index contributed by atoms with van der Waals surface area (Å²) in [5.41, 5.74) is 0.862. The molecule has 3 heterocycles. The number of fused-ring (bicyclic) bond motifs is 4. The van der Waals surface area contributed by atoms with Crippen LogP contribution in [0.1, 0.15) is 121 Å². The van der Waals surface area contributed by atoms with Gasteiger partial charge in [0.1, 0.15) is 24.0 Å². The zero-order valence-electron chi connectivity index (χ0n) is 29.8. The van der Waals surface area contributed by atoms with Gasteiger partial charge in [0.2, 0.25) is 11.8 Å². The minimum absolute atomic E-state index is 0.0125. The molecule has 10 nitrogen and oxygen atoms in total. The first kappa shape index (κ1) is 34.8. The van der Waals surface area contributed by atoms with Crippen molar-refractivity contribution in [3.05, 3.63) is 30.0 Å². The molecule has 7 rings (SSSR count). The Hall–Kier alpha value is -3.63. The Labute approximate surface area is 294 Å². The number of likely N-dealkylation sites (tertiary alicyclic amines) is 1. The number of alkyl carbamates (subject to hydrolysis) is 1. The number of aromatic nitrogens is 1. The molecular weight excluding hydrogens is 639 g/mol. The molecule has 1 spiro atoms. The van der Waals surface area contributed by atoms with Gasteiger partial charge in [0.25, 0.3) is 0 Å². The molecule has 3 aliphatic carbocycles. The third kappa shape index (κ3) is 6.73. The molecule has 5 aliphatic rings. The number of carbonyl (C=O) groups is 4. The molecule has 3 amide bonds. The van der Waals surface area contributed by atoms with Crippen LogP contribution in [0.4, 0.5) is 14.9 Å². The van der Waals surface area contributed by atoms with Crippen LogP contribution in [0.15, 0.2) is 24.3 Å². The molecule has 3 saturated carbocycles. The van der Waals surface area contributed by atoms with E-state index in [0.29, 0.717) is 49.5 Å². The highest BCUT2D eigenvalue weighted by atomic mass is 19.1. The summed E-state index contributed by atoms with van der Waals surface area (Å²) < 4.78 is 27.4. The first-order chi connectivity index (χ1) is 24.0. The molecule has 2 N–H and O–H groups in total. The Kier molecular flexibility index (Phi) is 9.62. The normalized spacial score (nSPS) is 27.3. The lowest BCUT2D eigenvalue weighted by Crippen LogP contribution is -2.50. The van der Waals surface area contributed by atoms with E-state index < -0.39 is 36.2 Å². The number of nitrogens with zero attached hydrogens (tertiary/aromatic N) is 2. The zero-order valence-corrected chi connectivity index (χ0v) is 29.8. The van der Waals surface area contributed by atoms with Crippen molar-refractivity contribution in [2.45, 2.75) is 134 Å². The number of anilines is 1. The summed E-state index contributed by atoms with van der Waals surface area (Å²) in [5, 5.41) is 6.77. The van der Waals surface area contributed by atoms with Crippen molar-refractivity contribution < 1.29 is 33.0 Å². The maximum Gasteiger partial charge on any atom is 0.407 e. The minimum Gasteiger partial charge on any atom is -0.444 e. The maximum absolute atomic E-state index is 14.3. The van der Waals surface area contributed by atoms with Crippen molar-refractivity contribution in [1.29, 1.82) is 0 Å². The van der Waals surface area contributed by atoms with Gasteiger partial charge in [-0.05, 0) is 108 Å². The van der Waals surface area contributed by atoms with Crippen LogP contribution in [0.2, 0.25) is 0 Å². The Morgan fingerprint density at radius 2 is 1.70 bits per heavy atom. The molecule has 0 bridgehead atoms. The molecular formula is C39H53FN4O6. The van der Waals surface area contributed by atoms with Gasteiger partial charge in [-0.15, -0.1) is 0 Å². The van der Waals surface area contributed by atoms with E-state index in [1.165, 1.54) is 6.42 Å². The summed E-state index contributed by atoms with van der Waals surface area (Å²) in [7, 11) is 0. The summed E-state index contributed by atoms with van der Waals surface area (Å²) in [5.74, 6) is -0.254. The van der Waals surface area contributed by atoms with Crippen LogP contribution < -0.4 is 10.6 Å². The van der Waals surface area contributed by atoms with Gasteiger partial charge in [-0.1, -0.05) is 32.1 Å². The number of amides is 3. The highest BCUT2D eigenvalue weighted by Gasteiger charge is 2.49. The summed E-state index contributed by atoms with van der Waals surface area (Å²) in [6.07, 6.45) is 11.9. The lowest BCUT2D eigenvalue weighted by molar-refractivity contribution is -0.142. The number of hydrogen-bond donors (Lipinski definition) is 2. The molecule has 4 fully saturated rings.